The summed E-state index contributed by atoms with van der Waals surface area (Å²) in [6.07, 6.45) is 0. The van der Waals surface area contributed by atoms with Gasteiger partial charge in [-0.3, -0.25) is 4.79 Å². The molecule has 0 atom stereocenters. The van der Waals surface area contributed by atoms with E-state index in [9.17, 15) is 4.79 Å². The van der Waals surface area contributed by atoms with Crippen molar-refractivity contribution in [2.75, 3.05) is 18.2 Å². The summed E-state index contributed by atoms with van der Waals surface area (Å²) < 4.78 is 5.23. The SMILES string of the molecule is COc1cccc(-c2ccc(SCC(=O)Nc3cc(C)ccc3C)nn2)c1. The van der Waals surface area contributed by atoms with Gasteiger partial charge in [0.25, 0.3) is 0 Å². The molecule has 1 amide bonds. The fraction of sp³-hybridized carbons (Fsp3) is 0.190. The van der Waals surface area contributed by atoms with Gasteiger partial charge in [0.05, 0.1) is 18.6 Å². The van der Waals surface area contributed by atoms with Gasteiger partial charge in [0.2, 0.25) is 5.91 Å². The van der Waals surface area contributed by atoms with Gasteiger partial charge in [-0.05, 0) is 55.3 Å². The van der Waals surface area contributed by atoms with Crippen molar-refractivity contribution >= 4 is 23.4 Å². The number of hydrogen-bond donors (Lipinski definition) is 1. The van der Waals surface area contributed by atoms with Gasteiger partial charge in [0.1, 0.15) is 10.8 Å². The number of anilines is 1. The molecule has 0 aliphatic rings. The molecule has 0 bridgehead atoms. The van der Waals surface area contributed by atoms with E-state index in [0.717, 1.165) is 33.8 Å². The Bertz CT molecular complexity index is 942. The van der Waals surface area contributed by atoms with Crippen LogP contribution >= 0.6 is 11.8 Å². The molecule has 0 fully saturated rings. The summed E-state index contributed by atoms with van der Waals surface area (Å²) in [5, 5.41) is 12.1. The second-order valence-corrected chi connectivity index (χ2v) is 7.14. The minimum Gasteiger partial charge on any atom is -0.497 e. The van der Waals surface area contributed by atoms with Gasteiger partial charge < -0.3 is 10.1 Å². The second-order valence-electron chi connectivity index (χ2n) is 6.14. The first-order valence-corrected chi connectivity index (χ1v) is 9.52. The molecule has 0 radical (unpaired) electrons. The van der Waals surface area contributed by atoms with Crippen molar-refractivity contribution in [1.29, 1.82) is 0 Å². The van der Waals surface area contributed by atoms with Crippen molar-refractivity contribution in [3.8, 4) is 17.0 Å². The third-order valence-electron chi connectivity index (χ3n) is 4.02. The van der Waals surface area contributed by atoms with E-state index in [1.54, 1.807) is 7.11 Å². The first kappa shape index (κ1) is 18.9. The molecule has 0 saturated carbocycles. The number of benzene rings is 2. The van der Waals surface area contributed by atoms with E-state index in [0.29, 0.717) is 5.03 Å². The van der Waals surface area contributed by atoms with Crippen LogP contribution in [0.2, 0.25) is 0 Å². The minimum atomic E-state index is -0.0626. The molecule has 0 aliphatic heterocycles. The average molecular weight is 379 g/mol. The quantitative estimate of drug-likeness (QED) is 0.639. The van der Waals surface area contributed by atoms with Crippen LogP contribution in [0, 0.1) is 13.8 Å². The highest BCUT2D eigenvalue weighted by atomic mass is 32.2. The molecule has 2 aromatic carbocycles. The van der Waals surface area contributed by atoms with Crippen LogP contribution in [-0.4, -0.2) is 29.0 Å². The Labute approximate surface area is 163 Å². The Morgan fingerprint density at radius 3 is 2.67 bits per heavy atom. The predicted octanol–water partition coefficient (Wildman–Crippen LogP) is 4.50. The summed E-state index contributed by atoms with van der Waals surface area (Å²) in [5.41, 5.74) is 4.70. The van der Waals surface area contributed by atoms with Crippen LogP contribution in [0.3, 0.4) is 0 Å². The molecule has 1 heterocycles. The third kappa shape index (κ3) is 5.08. The molecule has 27 heavy (non-hydrogen) atoms. The average Bonchev–Trinajstić information content (AvgIpc) is 2.69. The molecule has 0 spiro atoms. The molecule has 0 aliphatic carbocycles. The number of ether oxygens (including phenoxy) is 1. The van der Waals surface area contributed by atoms with Crippen molar-refractivity contribution in [3.05, 3.63) is 65.7 Å². The Morgan fingerprint density at radius 2 is 1.93 bits per heavy atom. The van der Waals surface area contributed by atoms with E-state index in [1.165, 1.54) is 11.8 Å². The van der Waals surface area contributed by atoms with E-state index < -0.39 is 0 Å². The third-order valence-corrected chi connectivity index (χ3v) is 4.94. The van der Waals surface area contributed by atoms with Crippen LogP contribution in [0.15, 0.2) is 59.6 Å². The number of nitrogens with zero attached hydrogens (tertiary/aromatic N) is 2. The molecule has 3 rings (SSSR count). The van der Waals surface area contributed by atoms with Gasteiger partial charge >= 0.3 is 0 Å². The smallest absolute Gasteiger partial charge is 0.234 e. The van der Waals surface area contributed by atoms with Crippen molar-refractivity contribution in [2.24, 2.45) is 0 Å². The largest absolute Gasteiger partial charge is 0.497 e. The van der Waals surface area contributed by atoms with Crippen LogP contribution < -0.4 is 10.1 Å². The van der Waals surface area contributed by atoms with E-state index in [1.807, 2.05) is 68.4 Å². The molecular weight excluding hydrogens is 358 g/mol. The molecule has 1 N–H and O–H groups in total. The van der Waals surface area contributed by atoms with Crippen LogP contribution in [0.25, 0.3) is 11.3 Å². The molecule has 0 unspecified atom stereocenters. The molecule has 5 nitrogen and oxygen atoms in total. The second kappa shape index (κ2) is 8.68. The van der Waals surface area contributed by atoms with Crippen molar-refractivity contribution in [2.45, 2.75) is 18.9 Å². The molecule has 3 aromatic rings. The highest BCUT2D eigenvalue weighted by Gasteiger charge is 2.08. The fourth-order valence-electron chi connectivity index (χ4n) is 2.53. The number of amides is 1. The van der Waals surface area contributed by atoms with E-state index >= 15 is 0 Å². The molecular formula is C21H21N3O2S. The van der Waals surface area contributed by atoms with Gasteiger partial charge in [-0.25, -0.2) is 0 Å². The van der Waals surface area contributed by atoms with Crippen LogP contribution in [-0.2, 0) is 4.79 Å². The van der Waals surface area contributed by atoms with E-state index in [4.69, 9.17) is 4.74 Å². The Hall–Kier alpha value is -2.86. The zero-order chi connectivity index (χ0) is 19.2. The fourth-order valence-corrected chi connectivity index (χ4v) is 3.14. The maximum Gasteiger partial charge on any atom is 0.234 e. The number of aryl methyl sites for hydroxylation is 2. The number of aromatic nitrogens is 2. The summed E-state index contributed by atoms with van der Waals surface area (Å²) in [4.78, 5) is 12.2. The number of thioether (sulfide) groups is 1. The van der Waals surface area contributed by atoms with Gasteiger partial charge in [0.15, 0.2) is 0 Å². The lowest BCUT2D eigenvalue weighted by atomic mass is 10.1. The Morgan fingerprint density at radius 1 is 1.07 bits per heavy atom. The first-order chi connectivity index (χ1) is 13.0. The standard InChI is InChI=1S/C21H21N3O2S/c1-14-7-8-15(2)19(11-14)22-20(25)13-27-21-10-9-18(23-24-21)16-5-4-6-17(12-16)26-3/h4-12H,13H2,1-3H3,(H,22,25). The van der Waals surface area contributed by atoms with Gasteiger partial charge in [-0.1, -0.05) is 36.0 Å². The highest BCUT2D eigenvalue weighted by Crippen LogP contribution is 2.23. The summed E-state index contributed by atoms with van der Waals surface area (Å²) in [5.74, 6) is 0.990. The number of methoxy groups -OCH3 is 1. The zero-order valence-electron chi connectivity index (χ0n) is 15.5. The van der Waals surface area contributed by atoms with Gasteiger partial charge in [0, 0.05) is 11.3 Å². The van der Waals surface area contributed by atoms with Crippen molar-refractivity contribution in [3.63, 3.8) is 0 Å². The topological polar surface area (TPSA) is 64.1 Å². The summed E-state index contributed by atoms with van der Waals surface area (Å²) in [6.45, 7) is 3.98. The Balaban J connectivity index is 1.59. The van der Waals surface area contributed by atoms with Crippen molar-refractivity contribution in [1.82, 2.24) is 10.2 Å². The Kier molecular flexibility index (Phi) is 6.08. The van der Waals surface area contributed by atoms with E-state index in [-0.39, 0.29) is 11.7 Å². The minimum absolute atomic E-state index is 0.0626. The molecule has 138 valence electrons. The van der Waals surface area contributed by atoms with Gasteiger partial charge in [-0.15, -0.1) is 10.2 Å². The normalized spacial score (nSPS) is 10.5. The summed E-state index contributed by atoms with van der Waals surface area (Å²) in [6, 6.07) is 17.4. The lowest BCUT2D eigenvalue weighted by Crippen LogP contribution is -2.15. The first-order valence-electron chi connectivity index (χ1n) is 8.53. The van der Waals surface area contributed by atoms with Crippen LogP contribution in [0.1, 0.15) is 11.1 Å². The number of carbonyl (C=O) groups is 1. The lowest BCUT2D eigenvalue weighted by Gasteiger charge is -2.09. The number of hydrogen-bond acceptors (Lipinski definition) is 5. The van der Waals surface area contributed by atoms with Crippen LogP contribution in [0.5, 0.6) is 5.75 Å². The van der Waals surface area contributed by atoms with Crippen LogP contribution in [0.4, 0.5) is 5.69 Å². The highest BCUT2D eigenvalue weighted by molar-refractivity contribution is 7.99. The number of rotatable bonds is 6. The molecule has 6 heteroatoms. The summed E-state index contributed by atoms with van der Waals surface area (Å²) in [7, 11) is 1.63. The van der Waals surface area contributed by atoms with E-state index in [2.05, 4.69) is 15.5 Å². The number of nitrogens with one attached hydrogen (secondary N) is 1. The monoisotopic (exact) mass is 379 g/mol. The molecule has 1 aromatic heterocycles. The summed E-state index contributed by atoms with van der Waals surface area (Å²) >= 11 is 1.36. The van der Waals surface area contributed by atoms with Crippen molar-refractivity contribution < 1.29 is 9.53 Å². The molecule has 0 saturated heterocycles. The zero-order valence-corrected chi connectivity index (χ0v) is 16.3. The van der Waals surface area contributed by atoms with Gasteiger partial charge in [-0.2, -0.15) is 0 Å². The maximum atomic E-state index is 12.2. The predicted molar refractivity (Wildman–Crippen MR) is 109 cm³/mol. The maximum absolute atomic E-state index is 12.2. The number of carbonyl (C=O) groups excluding carboxylic acids is 1. The lowest BCUT2D eigenvalue weighted by molar-refractivity contribution is -0.113.